The lowest BCUT2D eigenvalue weighted by atomic mass is 10.0. The van der Waals surface area contributed by atoms with Gasteiger partial charge in [-0.05, 0) is 42.0 Å². The molecule has 1 amide bonds. The van der Waals surface area contributed by atoms with E-state index in [1.807, 2.05) is 22.9 Å². The molecule has 2 aliphatic heterocycles. The van der Waals surface area contributed by atoms with Crippen molar-refractivity contribution in [3.05, 3.63) is 69.2 Å². The van der Waals surface area contributed by atoms with Crippen molar-refractivity contribution in [2.24, 2.45) is 0 Å². The van der Waals surface area contributed by atoms with Gasteiger partial charge in [-0.15, -0.1) is 11.3 Å². The maximum absolute atomic E-state index is 13.5. The fourth-order valence-electron chi connectivity index (χ4n) is 4.84. The number of methoxy groups -OCH3 is 1. The first-order valence-electron chi connectivity index (χ1n) is 11.5. The molecule has 1 N–H and O–H groups in total. The Labute approximate surface area is 198 Å². The van der Waals surface area contributed by atoms with Crippen molar-refractivity contribution in [3.63, 3.8) is 0 Å². The predicted molar refractivity (Wildman–Crippen MR) is 128 cm³/mol. The number of hydrogen-bond acceptors (Lipinski definition) is 6. The van der Waals surface area contributed by atoms with Crippen LogP contribution in [0.5, 0.6) is 5.75 Å². The molecule has 0 bridgehead atoms. The lowest BCUT2D eigenvalue weighted by Crippen LogP contribution is -2.43. The van der Waals surface area contributed by atoms with Gasteiger partial charge in [0.15, 0.2) is 5.69 Å². The molecule has 2 aliphatic rings. The summed E-state index contributed by atoms with van der Waals surface area (Å²) in [6.45, 7) is 4.18. The second kappa shape index (κ2) is 9.67. The third-order valence-electron chi connectivity index (χ3n) is 6.53. The van der Waals surface area contributed by atoms with Gasteiger partial charge in [-0.2, -0.15) is 5.10 Å². The number of amides is 1. The molecule has 33 heavy (non-hydrogen) atoms. The molecule has 8 heteroatoms. The summed E-state index contributed by atoms with van der Waals surface area (Å²) in [5.41, 5.74) is 3.80. The average molecular weight is 467 g/mol. The van der Waals surface area contributed by atoms with Gasteiger partial charge in [0.1, 0.15) is 5.75 Å². The van der Waals surface area contributed by atoms with Crippen LogP contribution in [0.25, 0.3) is 0 Å². The number of carbonyl (C=O) groups excluding carboxylic acids is 1. The normalized spacial score (nSPS) is 18.8. The molecule has 0 radical (unpaired) electrons. The van der Waals surface area contributed by atoms with E-state index in [9.17, 15) is 9.90 Å². The molecule has 0 saturated carbocycles. The number of piperidine rings is 1. The number of likely N-dealkylation sites (tertiary alicyclic amines) is 1. The number of aromatic nitrogens is 2. The van der Waals surface area contributed by atoms with Crippen LogP contribution in [0.2, 0.25) is 0 Å². The van der Waals surface area contributed by atoms with Crippen molar-refractivity contribution < 1.29 is 14.6 Å². The van der Waals surface area contributed by atoms with Crippen molar-refractivity contribution in [1.29, 1.82) is 0 Å². The molecule has 1 saturated heterocycles. The van der Waals surface area contributed by atoms with E-state index in [0.29, 0.717) is 31.9 Å². The van der Waals surface area contributed by atoms with Gasteiger partial charge in [-0.3, -0.25) is 14.4 Å². The summed E-state index contributed by atoms with van der Waals surface area (Å²) in [6.07, 6.45) is 1.98. The van der Waals surface area contributed by atoms with Gasteiger partial charge in [0, 0.05) is 55.3 Å². The molecule has 7 nitrogen and oxygen atoms in total. The first kappa shape index (κ1) is 22.1. The van der Waals surface area contributed by atoms with Gasteiger partial charge < -0.3 is 14.7 Å². The number of rotatable bonds is 6. The fourth-order valence-corrected chi connectivity index (χ4v) is 5.59. The number of hydrogen-bond donors (Lipinski definition) is 1. The van der Waals surface area contributed by atoms with Gasteiger partial charge >= 0.3 is 0 Å². The summed E-state index contributed by atoms with van der Waals surface area (Å²) < 4.78 is 7.38. The molecule has 0 spiro atoms. The van der Waals surface area contributed by atoms with Gasteiger partial charge in [0.05, 0.1) is 19.8 Å². The van der Waals surface area contributed by atoms with Crippen LogP contribution in [0.1, 0.15) is 45.0 Å². The standard InChI is InChI=1S/C25H30N4O3S/c1-32-20-7-2-5-18(13-20)14-29-23-9-11-27(16-21-8-4-12-33-21)17-22(23)24(26-29)25(31)28-10-3-6-19(30)15-28/h2,4-5,7-8,12-13,19,30H,3,6,9-11,14-17H2,1H3. The highest BCUT2D eigenvalue weighted by Crippen LogP contribution is 2.27. The summed E-state index contributed by atoms with van der Waals surface area (Å²) in [5, 5.41) is 17.1. The Kier molecular flexibility index (Phi) is 6.48. The third kappa shape index (κ3) is 4.83. The molecule has 3 aromatic rings. The number of benzene rings is 1. The Morgan fingerprint density at radius 1 is 1.24 bits per heavy atom. The average Bonchev–Trinajstić information content (AvgIpc) is 3.47. The molecule has 4 heterocycles. The molecule has 1 fully saturated rings. The van der Waals surface area contributed by atoms with Crippen LogP contribution in [0.4, 0.5) is 0 Å². The Morgan fingerprint density at radius 3 is 2.94 bits per heavy atom. The molecule has 1 aromatic carbocycles. The first-order valence-corrected chi connectivity index (χ1v) is 12.4. The number of thiophene rings is 1. The van der Waals surface area contributed by atoms with Crippen LogP contribution < -0.4 is 4.74 Å². The van der Waals surface area contributed by atoms with Crippen molar-refractivity contribution in [3.8, 4) is 5.75 Å². The van der Waals surface area contributed by atoms with E-state index in [1.165, 1.54) is 4.88 Å². The van der Waals surface area contributed by atoms with Crippen LogP contribution in [-0.2, 0) is 26.1 Å². The fraction of sp³-hybridized carbons (Fsp3) is 0.440. The van der Waals surface area contributed by atoms with Gasteiger partial charge in [0.2, 0.25) is 0 Å². The molecule has 174 valence electrons. The summed E-state index contributed by atoms with van der Waals surface area (Å²) in [6, 6.07) is 12.2. The zero-order valence-corrected chi connectivity index (χ0v) is 19.8. The molecule has 1 unspecified atom stereocenters. The molecule has 0 aliphatic carbocycles. The minimum Gasteiger partial charge on any atom is -0.497 e. The van der Waals surface area contributed by atoms with Gasteiger partial charge in [-0.25, -0.2) is 0 Å². The first-order chi connectivity index (χ1) is 16.1. The van der Waals surface area contributed by atoms with Crippen LogP contribution in [0.3, 0.4) is 0 Å². The smallest absolute Gasteiger partial charge is 0.274 e. The van der Waals surface area contributed by atoms with Gasteiger partial charge in [-0.1, -0.05) is 18.2 Å². The maximum atomic E-state index is 13.5. The second-order valence-corrected chi connectivity index (χ2v) is 9.90. The largest absolute Gasteiger partial charge is 0.497 e. The van der Waals surface area contributed by atoms with Crippen LogP contribution in [-0.4, -0.2) is 63.4 Å². The second-order valence-electron chi connectivity index (χ2n) is 8.87. The Hall–Kier alpha value is -2.68. The van der Waals surface area contributed by atoms with E-state index >= 15 is 0 Å². The summed E-state index contributed by atoms with van der Waals surface area (Å²) >= 11 is 1.76. The zero-order valence-electron chi connectivity index (χ0n) is 18.9. The molecular formula is C25H30N4O3S. The number of ether oxygens (including phenoxy) is 1. The quantitative estimate of drug-likeness (QED) is 0.604. The zero-order chi connectivity index (χ0) is 22.8. The van der Waals surface area contributed by atoms with Crippen molar-refractivity contribution in [2.75, 3.05) is 26.7 Å². The lowest BCUT2D eigenvalue weighted by molar-refractivity contribution is 0.0466. The van der Waals surface area contributed by atoms with E-state index in [0.717, 1.165) is 54.9 Å². The molecular weight excluding hydrogens is 436 g/mol. The van der Waals surface area contributed by atoms with Crippen LogP contribution >= 0.6 is 11.3 Å². The summed E-state index contributed by atoms with van der Waals surface area (Å²) in [4.78, 5) is 19.0. The van der Waals surface area contributed by atoms with Crippen molar-refractivity contribution in [2.45, 2.75) is 45.0 Å². The highest BCUT2D eigenvalue weighted by molar-refractivity contribution is 7.09. The van der Waals surface area contributed by atoms with Crippen molar-refractivity contribution in [1.82, 2.24) is 19.6 Å². The maximum Gasteiger partial charge on any atom is 0.274 e. The predicted octanol–water partition coefficient (Wildman–Crippen LogP) is 3.16. The number of fused-ring (bicyclic) bond motifs is 1. The number of carbonyl (C=O) groups is 1. The number of aliphatic hydroxyl groups is 1. The molecule has 2 aromatic heterocycles. The SMILES string of the molecule is COc1cccc(Cn2nc(C(=O)N3CCCC(O)C3)c3c2CCN(Cc2cccs2)C3)c1. The highest BCUT2D eigenvalue weighted by Gasteiger charge is 2.32. The third-order valence-corrected chi connectivity index (χ3v) is 7.39. The Bertz CT molecular complexity index is 1110. The Morgan fingerprint density at radius 2 is 2.15 bits per heavy atom. The van der Waals surface area contributed by atoms with Crippen molar-refractivity contribution >= 4 is 17.2 Å². The topological polar surface area (TPSA) is 70.8 Å². The Balaban J connectivity index is 1.45. The van der Waals surface area contributed by atoms with Crippen LogP contribution in [0, 0.1) is 0 Å². The minimum absolute atomic E-state index is 0.0626. The summed E-state index contributed by atoms with van der Waals surface area (Å²) in [7, 11) is 1.67. The van der Waals surface area contributed by atoms with E-state index in [1.54, 1.807) is 23.3 Å². The van der Waals surface area contributed by atoms with E-state index in [-0.39, 0.29) is 5.91 Å². The monoisotopic (exact) mass is 466 g/mol. The van der Waals surface area contributed by atoms with E-state index in [2.05, 4.69) is 28.5 Å². The number of aliphatic hydroxyl groups excluding tert-OH is 1. The molecule has 5 rings (SSSR count). The van der Waals surface area contributed by atoms with Crippen LogP contribution in [0.15, 0.2) is 41.8 Å². The summed E-state index contributed by atoms with van der Waals surface area (Å²) in [5.74, 6) is 0.751. The highest BCUT2D eigenvalue weighted by atomic mass is 32.1. The van der Waals surface area contributed by atoms with E-state index < -0.39 is 6.10 Å². The number of β-amino-alcohol motifs (C(OH)–C–C–N with tert-alkyl or cyclic N) is 1. The lowest BCUT2D eigenvalue weighted by Gasteiger charge is -2.31. The molecule has 1 atom stereocenters. The van der Waals surface area contributed by atoms with Gasteiger partial charge in [0.25, 0.3) is 5.91 Å². The minimum atomic E-state index is -0.451. The number of nitrogens with zero attached hydrogens (tertiary/aromatic N) is 4. The van der Waals surface area contributed by atoms with E-state index in [4.69, 9.17) is 9.84 Å².